The number of rotatable bonds is 9. The van der Waals surface area contributed by atoms with Gasteiger partial charge in [-0.25, -0.2) is 0 Å². The first-order valence-corrected chi connectivity index (χ1v) is 9.32. The van der Waals surface area contributed by atoms with Crippen molar-refractivity contribution in [2.45, 2.75) is 72.3 Å². The molecule has 1 rings (SSSR count). The second kappa shape index (κ2) is 13.4. The van der Waals surface area contributed by atoms with E-state index in [9.17, 15) is 9.59 Å². The molecule has 0 saturated carbocycles. The number of nitrogens with zero attached hydrogens (tertiary/aromatic N) is 2. The summed E-state index contributed by atoms with van der Waals surface area (Å²) in [6.07, 6.45) is 5.16. The van der Waals surface area contributed by atoms with Gasteiger partial charge in [0, 0.05) is 32.0 Å². The Labute approximate surface area is 169 Å². The van der Waals surface area contributed by atoms with E-state index in [1.807, 2.05) is 6.92 Å². The van der Waals surface area contributed by atoms with Crippen molar-refractivity contribution in [3.8, 4) is 0 Å². The highest BCUT2D eigenvalue weighted by molar-refractivity contribution is 14.0. The number of amides is 2. The van der Waals surface area contributed by atoms with Crippen LogP contribution in [0.3, 0.4) is 0 Å². The monoisotopic (exact) mass is 466 g/mol. The number of imide groups is 1. The molecule has 0 aromatic heterocycles. The number of carbonyl (C=O) groups excluding carboxylic acids is 2. The number of aliphatic imine (C=N–C) groups is 1. The molecule has 0 aromatic carbocycles. The Morgan fingerprint density at radius 1 is 1.16 bits per heavy atom. The van der Waals surface area contributed by atoms with Gasteiger partial charge >= 0.3 is 0 Å². The van der Waals surface area contributed by atoms with Gasteiger partial charge in [-0.1, -0.05) is 26.7 Å². The molecule has 0 radical (unpaired) electrons. The second-order valence-electron chi connectivity index (χ2n) is 6.92. The fourth-order valence-electron chi connectivity index (χ4n) is 2.77. The minimum atomic E-state index is -0.0681. The molecule has 2 N–H and O–H groups in total. The van der Waals surface area contributed by atoms with E-state index in [-0.39, 0.29) is 35.8 Å². The minimum Gasteiger partial charge on any atom is -0.357 e. The largest absolute Gasteiger partial charge is 0.357 e. The van der Waals surface area contributed by atoms with Crippen LogP contribution in [0.2, 0.25) is 0 Å². The Balaban J connectivity index is 0.00000576. The molecule has 1 aliphatic rings. The van der Waals surface area contributed by atoms with Crippen molar-refractivity contribution in [3.05, 3.63) is 0 Å². The van der Waals surface area contributed by atoms with Crippen LogP contribution in [-0.2, 0) is 9.59 Å². The summed E-state index contributed by atoms with van der Waals surface area (Å²) in [7, 11) is 0. The van der Waals surface area contributed by atoms with Crippen molar-refractivity contribution >= 4 is 41.8 Å². The molecule has 0 aliphatic carbocycles. The van der Waals surface area contributed by atoms with E-state index in [1.165, 1.54) is 17.7 Å². The molecule has 146 valence electrons. The number of nitrogens with one attached hydrogen (secondary N) is 2. The molecule has 25 heavy (non-hydrogen) atoms. The lowest BCUT2D eigenvalue weighted by atomic mass is 10.0. The molecular formula is C18H35IN4O2. The third-order valence-corrected chi connectivity index (χ3v) is 4.12. The lowest BCUT2D eigenvalue weighted by Gasteiger charge is -2.24. The Hall–Kier alpha value is -0.860. The van der Waals surface area contributed by atoms with E-state index < -0.39 is 0 Å². The van der Waals surface area contributed by atoms with Crippen LogP contribution in [0.1, 0.15) is 66.2 Å². The minimum absolute atomic E-state index is 0. The third-order valence-electron chi connectivity index (χ3n) is 4.12. The number of likely N-dealkylation sites (tertiary alicyclic amines) is 1. The highest BCUT2D eigenvalue weighted by Crippen LogP contribution is 2.11. The Morgan fingerprint density at radius 3 is 2.36 bits per heavy atom. The van der Waals surface area contributed by atoms with Gasteiger partial charge in [0.15, 0.2) is 5.96 Å². The van der Waals surface area contributed by atoms with Crippen molar-refractivity contribution < 1.29 is 9.59 Å². The summed E-state index contributed by atoms with van der Waals surface area (Å²) in [5.74, 6) is 1.35. The van der Waals surface area contributed by atoms with Gasteiger partial charge in [-0.3, -0.25) is 19.5 Å². The summed E-state index contributed by atoms with van der Waals surface area (Å²) in [4.78, 5) is 29.4. The molecule has 1 unspecified atom stereocenters. The van der Waals surface area contributed by atoms with Gasteiger partial charge in [0.05, 0.1) is 6.54 Å². The van der Waals surface area contributed by atoms with E-state index in [0.29, 0.717) is 38.4 Å². The first kappa shape index (κ1) is 24.1. The summed E-state index contributed by atoms with van der Waals surface area (Å²) >= 11 is 0. The summed E-state index contributed by atoms with van der Waals surface area (Å²) < 4.78 is 0. The highest BCUT2D eigenvalue weighted by Gasteiger charge is 2.25. The Kier molecular flexibility index (Phi) is 12.9. The number of hydrogen-bond acceptors (Lipinski definition) is 3. The molecule has 0 bridgehead atoms. The first-order valence-electron chi connectivity index (χ1n) is 9.32. The molecule has 1 atom stereocenters. The molecule has 1 saturated heterocycles. The van der Waals surface area contributed by atoms with E-state index in [0.717, 1.165) is 24.8 Å². The van der Waals surface area contributed by atoms with Crippen molar-refractivity contribution in [1.82, 2.24) is 15.5 Å². The molecule has 2 amide bonds. The lowest BCUT2D eigenvalue weighted by molar-refractivity contribution is -0.147. The smallest absolute Gasteiger partial charge is 0.229 e. The molecule has 1 heterocycles. The topological polar surface area (TPSA) is 73.8 Å². The first-order chi connectivity index (χ1) is 11.4. The second-order valence-corrected chi connectivity index (χ2v) is 6.92. The summed E-state index contributed by atoms with van der Waals surface area (Å²) in [5, 5.41) is 6.63. The summed E-state index contributed by atoms with van der Waals surface area (Å²) in [6, 6.07) is 0.347. The average molecular weight is 466 g/mol. The molecule has 6 nitrogen and oxygen atoms in total. The number of guanidine groups is 1. The van der Waals surface area contributed by atoms with Gasteiger partial charge in [0.1, 0.15) is 0 Å². The fourth-order valence-corrected chi connectivity index (χ4v) is 2.77. The predicted molar refractivity (Wildman–Crippen MR) is 113 cm³/mol. The van der Waals surface area contributed by atoms with Crippen LogP contribution in [0.25, 0.3) is 0 Å². The lowest BCUT2D eigenvalue weighted by Crippen LogP contribution is -2.44. The van der Waals surface area contributed by atoms with Crippen LogP contribution >= 0.6 is 24.0 Å². The van der Waals surface area contributed by atoms with Crippen molar-refractivity contribution in [2.75, 3.05) is 19.6 Å². The van der Waals surface area contributed by atoms with Gasteiger partial charge in [-0.15, -0.1) is 24.0 Å². The maximum atomic E-state index is 11.8. The summed E-state index contributed by atoms with van der Waals surface area (Å²) in [6.45, 7) is 10.3. The van der Waals surface area contributed by atoms with Crippen LogP contribution in [-0.4, -0.2) is 48.3 Å². The van der Waals surface area contributed by atoms with Gasteiger partial charge in [0.25, 0.3) is 0 Å². The van der Waals surface area contributed by atoms with Crippen LogP contribution in [0.15, 0.2) is 4.99 Å². The normalized spacial score (nSPS) is 16.7. The SMILES string of the molecule is CCNC(=NCCN1C(=O)CCCC1=O)NC(C)CCCC(C)C.I. The maximum absolute atomic E-state index is 11.8. The molecule has 1 fully saturated rings. The van der Waals surface area contributed by atoms with E-state index >= 15 is 0 Å². The van der Waals surface area contributed by atoms with Gasteiger partial charge < -0.3 is 10.6 Å². The van der Waals surface area contributed by atoms with E-state index in [2.05, 4.69) is 36.4 Å². The molecule has 1 aliphatic heterocycles. The fraction of sp³-hybridized carbons (Fsp3) is 0.833. The number of piperidine rings is 1. The van der Waals surface area contributed by atoms with Crippen LogP contribution in [0.4, 0.5) is 0 Å². The van der Waals surface area contributed by atoms with Gasteiger partial charge in [-0.05, 0) is 32.6 Å². The zero-order valence-corrected chi connectivity index (χ0v) is 18.5. The van der Waals surface area contributed by atoms with Crippen LogP contribution < -0.4 is 10.6 Å². The molecule has 0 spiro atoms. The predicted octanol–water partition coefficient (Wildman–Crippen LogP) is 2.91. The van der Waals surface area contributed by atoms with Crippen LogP contribution in [0.5, 0.6) is 0 Å². The van der Waals surface area contributed by atoms with Gasteiger partial charge in [-0.2, -0.15) is 0 Å². The molecule has 0 aromatic rings. The number of halogens is 1. The van der Waals surface area contributed by atoms with Crippen LogP contribution in [0, 0.1) is 5.92 Å². The highest BCUT2D eigenvalue weighted by atomic mass is 127. The third kappa shape index (κ3) is 10.0. The standard InChI is InChI=1S/C18H34N4O2.HI/c1-5-19-18(21-15(4)9-6-8-14(2)3)20-12-13-22-16(23)10-7-11-17(22)24;/h14-15H,5-13H2,1-4H3,(H2,19,20,21);1H. The van der Waals surface area contributed by atoms with Gasteiger partial charge in [0.2, 0.25) is 11.8 Å². The Bertz CT molecular complexity index is 425. The van der Waals surface area contributed by atoms with E-state index in [1.54, 1.807) is 0 Å². The average Bonchev–Trinajstić information content (AvgIpc) is 2.50. The Morgan fingerprint density at radius 2 is 1.80 bits per heavy atom. The van der Waals surface area contributed by atoms with Crippen molar-refractivity contribution in [2.24, 2.45) is 10.9 Å². The number of hydrogen-bond donors (Lipinski definition) is 2. The molecular weight excluding hydrogens is 431 g/mol. The maximum Gasteiger partial charge on any atom is 0.229 e. The zero-order valence-electron chi connectivity index (χ0n) is 16.1. The summed E-state index contributed by atoms with van der Waals surface area (Å²) in [5.41, 5.74) is 0. The molecule has 7 heteroatoms. The van der Waals surface area contributed by atoms with Crippen molar-refractivity contribution in [1.29, 1.82) is 0 Å². The quantitative estimate of drug-likeness (QED) is 0.237. The van der Waals surface area contributed by atoms with E-state index in [4.69, 9.17) is 0 Å². The number of carbonyl (C=O) groups is 2. The van der Waals surface area contributed by atoms with Crippen molar-refractivity contribution in [3.63, 3.8) is 0 Å². The zero-order chi connectivity index (χ0) is 17.9.